The Bertz CT molecular complexity index is 732. The molecule has 2 atom stereocenters. The molecule has 2 aromatic rings. The fourth-order valence-corrected chi connectivity index (χ4v) is 4.38. The summed E-state index contributed by atoms with van der Waals surface area (Å²) in [4.78, 5) is 0. The summed E-state index contributed by atoms with van der Waals surface area (Å²) >= 11 is 0. The van der Waals surface area contributed by atoms with E-state index in [0.717, 1.165) is 33.9 Å². The van der Waals surface area contributed by atoms with Crippen LogP contribution >= 0.6 is 0 Å². The zero-order valence-electron chi connectivity index (χ0n) is 14.4. The number of hydrogen-bond acceptors (Lipinski definition) is 3. The first kappa shape index (κ1) is 15.9. The van der Waals surface area contributed by atoms with Crippen molar-refractivity contribution >= 4 is 10.8 Å². The number of nitrogens with two attached hydrogens (primary N) is 1. The Morgan fingerprint density at radius 3 is 2.46 bits per heavy atom. The Kier molecular flexibility index (Phi) is 4.01. The molecule has 0 heterocycles. The van der Waals surface area contributed by atoms with Gasteiger partial charge in [-0.3, -0.25) is 0 Å². The maximum Gasteiger partial charge on any atom is 0.120 e. The number of ether oxygens (including phenoxy) is 1. The van der Waals surface area contributed by atoms with Crippen molar-refractivity contribution in [2.24, 2.45) is 17.6 Å². The molecule has 3 N–H and O–H groups in total. The lowest BCUT2D eigenvalue weighted by Gasteiger charge is -2.42. The summed E-state index contributed by atoms with van der Waals surface area (Å²) in [5.41, 5.74) is 6.39. The normalized spacial score (nSPS) is 28.7. The second-order valence-electron chi connectivity index (χ2n) is 7.97. The topological polar surface area (TPSA) is 55.5 Å². The van der Waals surface area contributed by atoms with Gasteiger partial charge in [0.25, 0.3) is 0 Å². The van der Waals surface area contributed by atoms with Gasteiger partial charge >= 0.3 is 0 Å². The highest BCUT2D eigenvalue weighted by molar-refractivity contribution is 5.84. The summed E-state index contributed by atoms with van der Waals surface area (Å²) in [7, 11) is 0. The molecule has 3 fully saturated rings. The molecule has 0 aliphatic heterocycles. The van der Waals surface area contributed by atoms with E-state index in [1.165, 1.54) is 32.1 Å². The van der Waals surface area contributed by atoms with Gasteiger partial charge in [0.2, 0.25) is 0 Å². The summed E-state index contributed by atoms with van der Waals surface area (Å²) in [5, 5.41) is 11.7. The SMILES string of the molecule is CC(N)(CO)c1ccc2cc(OC3CC4CCC3CC4)ccc2c1. The predicted octanol–water partition coefficient (Wildman–Crippen LogP) is 3.96. The minimum absolute atomic E-state index is 0.0655. The third-order valence-electron chi connectivity index (χ3n) is 6.07. The average Bonchev–Trinajstić information content (AvgIpc) is 2.62. The maximum atomic E-state index is 9.45. The molecule has 0 amide bonds. The number of rotatable bonds is 4. The van der Waals surface area contributed by atoms with Gasteiger partial charge in [0.15, 0.2) is 0 Å². The van der Waals surface area contributed by atoms with E-state index in [9.17, 15) is 5.11 Å². The Morgan fingerprint density at radius 2 is 1.79 bits per heavy atom. The summed E-state index contributed by atoms with van der Waals surface area (Å²) in [6, 6.07) is 12.5. The number of hydrogen-bond donors (Lipinski definition) is 2. The fourth-order valence-electron chi connectivity index (χ4n) is 4.38. The number of aliphatic hydroxyl groups excluding tert-OH is 1. The zero-order valence-corrected chi connectivity index (χ0v) is 14.4. The molecular formula is C21H27NO2. The highest BCUT2D eigenvalue weighted by Crippen LogP contribution is 2.43. The van der Waals surface area contributed by atoms with Crippen LogP contribution in [0.1, 0.15) is 44.6 Å². The smallest absolute Gasteiger partial charge is 0.120 e. The molecule has 3 nitrogen and oxygen atoms in total. The largest absolute Gasteiger partial charge is 0.490 e. The molecular weight excluding hydrogens is 298 g/mol. The van der Waals surface area contributed by atoms with Crippen LogP contribution in [-0.4, -0.2) is 17.8 Å². The summed E-state index contributed by atoms with van der Waals surface area (Å²) in [6.07, 6.45) is 7.09. The molecule has 0 radical (unpaired) electrons. The first-order valence-corrected chi connectivity index (χ1v) is 9.16. The Labute approximate surface area is 143 Å². The summed E-state index contributed by atoms with van der Waals surface area (Å²) in [5.74, 6) is 2.60. The van der Waals surface area contributed by atoms with Crippen LogP contribution in [0.25, 0.3) is 10.8 Å². The van der Waals surface area contributed by atoms with Crippen LogP contribution in [-0.2, 0) is 5.54 Å². The van der Waals surface area contributed by atoms with Gasteiger partial charge in [-0.2, -0.15) is 0 Å². The number of fused-ring (bicyclic) bond motifs is 4. The lowest BCUT2D eigenvalue weighted by atomic mass is 9.69. The quantitative estimate of drug-likeness (QED) is 0.894. The van der Waals surface area contributed by atoms with Crippen LogP contribution in [0.4, 0.5) is 0 Å². The van der Waals surface area contributed by atoms with Crippen LogP contribution in [0, 0.1) is 11.8 Å². The van der Waals surface area contributed by atoms with Crippen molar-refractivity contribution in [3.05, 3.63) is 42.0 Å². The molecule has 3 heteroatoms. The standard InChI is InChI=1S/C21H27NO2/c1-21(22,13-23)18-8-6-17-12-19(9-7-16(17)11-18)24-20-10-14-2-4-15(20)5-3-14/h6-9,11-12,14-15,20,23H,2-5,10,13,22H2,1H3. The van der Waals surface area contributed by atoms with E-state index in [1.807, 2.05) is 13.0 Å². The highest BCUT2D eigenvalue weighted by atomic mass is 16.5. The first-order chi connectivity index (χ1) is 11.5. The molecule has 3 aliphatic rings. The van der Waals surface area contributed by atoms with Gasteiger partial charge in [-0.05, 0) is 85.4 Å². The number of aliphatic hydroxyl groups is 1. The minimum Gasteiger partial charge on any atom is -0.490 e. The minimum atomic E-state index is -0.704. The monoisotopic (exact) mass is 325 g/mol. The second kappa shape index (κ2) is 6.05. The van der Waals surface area contributed by atoms with Gasteiger partial charge in [0.05, 0.1) is 12.1 Å². The van der Waals surface area contributed by atoms with Gasteiger partial charge < -0.3 is 15.6 Å². The third-order valence-corrected chi connectivity index (χ3v) is 6.07. The van der Waals surface area contributed by atoms with Crippen molar-refractivity contribution in [2.45, 2.75) is 50.7 Å². The van der Waals surface area contributed by atoms with Crippen molar-refractivity contribution in [1.82, 2.24) is 0 Å². The van der Waals surface area contributed by atoms with Crippen LogP contribution in [0.3, 0.4) is 0 Å². The summed E-state index contributed by atoms with van der Waals surface area (Å²) in [6.45, 7) is 1.79. The molecule has 3 saturated carbocycles. The van der Waals surface area contributed by atoms with E-state index in [4.69, 9.17) is 10.5 Å². The van der Waals surface area contributed by atoms with Crippen molar-refractivity contribution in [1.29, 1.82) is 0 Å². The van der Waals surface area contributed by atoms with Crippen LogP contribution in [0.2, 0.25) is 0 Å². The fraction of sp³-hybridized carbons (Fsp3) is 0.524. The molecule has 2 bridgehead atoms. The maximum absolute atomic E-state index is 9.45. The Morgan fingerprint density at radius 1 is 1.08 bits per heavy atom. The van der Waals surface area contributed by atoms with Gasteiger partial charge in [0, 0.05) is 0 Å². The number of benzene rings is 2. The zero-order chi connectivity index (χ0) is 16.7. The van der Waals surface area contributed by atoms with Crippen molar-refractivity contribution in [3.8, 4) is 5.75 Å². The lowest BCUT2D eigenvalue weighted by Crippen LogP contribution is -2.38. The van der Waals surface area contributed by atoms with E-state index >= 15 is 0 Å². The van der Waals surface area contributed by atoms with Gasteiger partial charge in [-0.15, -0.1) is 0 Å². The lowest BCUT2D eigenvalue weighted by molar-refractivity contribution is 0.0202. The van der Waals surface area contributed by atoms with Gasteiger partial charge in [0.1, 0.15) is 11.9 Å². The molecule has 24 heavy (non-hydrogen) atoms. The third kappa shape index (κ3) is 2.91. The van der Waals surface area contributed by atoms with Crippen LogP contribution in [0.5, 0.6) is 5.75 Å². The summed E-state index contributed by atoms with van der Waals surface area (Å²) < 4.78 is 6.35. The highest BCUT2D eigenvalue weighted by Gasteiger charge is 2.36. The molecule has 5 rings (SSSR count). The molecule has 0 spiro atoms. The van der Waals surface area contributed by atoms with E-state index in [1.54, 1.807) is 0 Å². The van der Waals surface area contributed by atoms with E-state index in [-0.39, 0.29) is 6.61 Å². The van der Waals surface area contributed by atoms with Crippen molar-refractivity contribution in [2.75, 3.05) is 6.61 Å². The molecule has 0 saturated heterocycles. The molecule has 2 aromatic carbocycles. The van der Waals surface area contributed by atoms with E-state index < -0.39 is 5.54 Å². The van der Waals surface area contributed by atoms with Gasteiger partial charge in [-0.25, -0.2) is 0 Å². The van der Waals surface area contributed by atoms with Crippen molar-refractivity contribution < 1.29 is 9.84 Å². The predicted molar refractivity (Wildman–Crippen MR) is 97.1 cm³/mol. The molecule has 0 aromatic heterocycles. The molecule has 3 aliphatic carbocycles. The first-order valence-electron chi connectivity index (χ1n) is 9.16. The van der Waals surface area contributed by atoms with Crippen LogP contribution in [0.15, 0.2) is 36.4 Å². The Hall–Kier alpha value is -1.58. The molecule has 128 valence electrons. The van der Waals surface area contributed by atoms with Gasteiger partial charge in [-0.1, -0.05) is 18.2 Å². The Balaban J connectivity index is 1.56. The van der Waals surface area contributed by atoms with E-state index in [0.29, 0.717) is 6.10 Å². The average molecular weight is 325 g/mol. The van der Waals surface area contributed by atoms with Crippen LogP contribution < -0.4 is 10.5 Å². The van der Waals surface area contributed by atoms with Crippen molar-refractivity contribution in [3.63, 3.8) is 0 Å². The van der Waals surface area contributed by atoms with E-state index in [2.05, 4.69) is 30.3 Å². The molecule has 2 unspecified atom stereocenters. The second-order valence-corrected chi connectivity index (χ2v) is 7.97.